The van der Waals surface area contributed by atoms with Gasteiger partial charge in [-0.3, -0.25) is 20.2 Å². The average molecular weight is 355 g/mol. The molecule has 1 aromatic heterocycles. The summed E-state index contributed by atoms with van der Waals surface area (Å²) in [5.41, 5.74) is 1.86. The fraction of sp³-hybridized carbons (Fsp3) is 0.0588. The summed E-state index contributed by atoms with van der Waals surface area (Å²) in [7, 11) is 1.59. The molecule has 1 N–H and O–H groups in total. The molecular weight excluding hydrogens is 342 g/mol. The van der Waals surface area contributed by atoms with Gasteiger partial charge in [0.15, 0.2) is 5.13 Å². The number of nitro benzene ring substituents is 1. The molecule has 0 aliphatic heterocycles. The molecule has 8 heteroatoms. The lowest BCUT2D eigenvalue weighted by atomic mass is 10.2. The van der Waals surface area contributed by atoms with Gasteiger partial charge in [0, 0.05) is 28.6 Å². The van der Waals surface area contributed by atoms with Crippen molar-refractivity contribution in [1.82, 2.24) is 4.98 Å². The summed E-state index contributed by atoms with van der Waals surface area (Å²) >= 11 is 1.30. The summed E-state index contributed by atoms with van der Waals surface area (Å²) in [5, 5.41) is 15.6. The highest BCUT2D eigenvalue weighted by molar-refractivity contribution is 7.14. The number of methoxy groups -OCH3 is 1. The third-order valence-electron chi connectivity index (χ3n) is 3.43. The third kappa shape index (κ3) is 3.81. The second-order valence-corrected chi connectivity index (χ2v) is 5.89. The summed E-state index contributed by atoms with van der Waals surface area (Å²) in [6, 6.07) is 12.9. The summed E-state index contributed by atoms with van der Waals surface area (Å²) < 4.78 is 5.19. The topological polar surface area (TPSA) is 94.4 Å². The van der Waals surface area contributed by atoms with Crippen LogP contribution in [0.3, 0.4) is 0 Å². The number of carbonyl (C=O) groups is 1. The SMILES string of the molecule is COc1cccc(-c2csc(NC(=O)c3ccc([N+](=O)[O-])cc3)n2)c1. The molecule has 0 aliphatic rings. The van der Waals surface area contributed by atoms with Crippen LogP contribution in [0.2, 0.25) is 0 Å². The molecule has 1 heterocycles. The Kier molecular flexibility index (Phi) is 4.71. The van der Waals surface area contributed by atoms with Crippen molar-refractivity contribution < 1.29 is 14.5 Å². The van der Waals surface area contributed by atoms with Crippen LogP contribution in [0.1, 0.15) is 10.4 Å². The number of non-ortho nitro benzene ring substituents is 1. The van der Waals surface area contributed by atoms with Crippen molar-refractivity contribution in [2.75, 3.05) is 12.4 Å². The summed E-state index contributed by atoms with van der Waals surface area (Å²) in [6.45, 7) is 0. The molecule has 0 spiro atoms. The molecule has 0 unspecified atom stereocenters. The number of aromatic nitrogens is 1. The van der Waals surface area contributed by atoms with E-state index in [2.05, 4.69) is 10.3 Å². The number of hydrogen-bond acceptors (Lipinski definition) is 6. The molecule has 0 fully saturated rings. The first-order chi connectivity index (χ1) is 12.1. The quantitative estimate of drug-likeness (QED) is 0.552. The maximum absolute atomic E-state index is 12.2. The van der Waals surface area contributed by atoms with E-state index in [1.807, 2.05) is 29.6 Å². The summed E-state index contributed by atoms with van der Waals surface area (Å²) in [6.07, 6.45) is 0. The van der Waals surface area contributed by atoms with Gasteiger partial charge < -0.3 is 4.74 Å². The van der Waals surface area contributed by atoms with Gasteiger partial charge in [-0.05, 0) is 24.3 Å². The van der Waals surface area contributed by atoms with E-state index in [0.717, 1.165) is 17.0 Å². The number of benzene rings is 2. The third-order valence-corrected chi connectivity index (χ3v) is 4.19. The number of nitro groups is 1. The van der Waals surface area contributed by atoms with Gasteiger partial charge in [-0.1, -0.05) is 12.1 Å². The largest absolute Gasteiger partial charge is 0.497 e. The van der Waals surface area contributed by atoms with Gasteiger partial charge in [0.05, 0.1) is 17.7 Å². The van der Waals surface area contributed by atoms with Gasteiger partial charge in [0.25, 0.3) is 11.6 Å². The Morgan fingerprint density at radius 2 is 2.00 bits per heavy atom. The number of rotatable bonds is 5. The van der Waals surface area contributed by atoms with Gasteiger partial charge in [0.1, 0.15) is 5.75 Å². The lowest BCUT2D eigenvalue weighted by molar-refractivity contribution is -0.384. The van der Waals surface area contributed by atoms with Crippen molar-refractivity contribution in [2.45, 2.75) is 0 Å². The Morgan fingerprint density at radius 1 is 1.24 bits per heavy atom. The van der Waals surface area contributed by atoms with Gasteiger partial charge in [0.2, 0.25) is 0 Å². The molecule has 0 bridgehead atoms. The van der Waals surface area contributed by atoms with Gasteiger partial charge in [-0.25, -0.2) is 4.98 Å². The molecule has 7 nitrogen and oxygen atoms in total. The van der Waals surface area contributed by atoms with E-state index in [4.69, 9.17) is 4.74 Å². The van der Waals surface area contributed by atoms with Gasteiger partial charge in [-0.2, -0.15) is 0 Å². The average Bonchev–Trinajstić information content (AvgIpc) is 3.10. The van der Waals surface area contributed by atoms with Crippen LogP contribution < -0.4 is 10.1 Å². The molecule has 3 rings (SSSR count). The lowest BCUT2D eigenvalue weighted by Crippen LogP contribution is -2.11. The Balaban J connectivity index is 1.74. The van der Waals surface area contributed by atoms with E-state index < -0.39 is 4.92 Å². The Hall–Kier alpha value is -3.26. The zero-order valence-corrected chi connectivity index (χ0v) is 13.9. The maximum atomic E-state index is 12.2. The summed E-state index contributed by atoms with van der Waals surface area (Å²) in [5.74, 6) is 0.350. The van der Waals surface area contributed by atoms with Crippen LogP contribution in [0.15, 0.2) is 53.9 Å². The zero-order chi connectivity index (χ0) is 17.8. The van der Waals surface area contributed by atoms with E-state index in [1.54, 1.807) is 7.11 Å². The molecule has 25 heavy (non-hydrogen) atoms. The monoisotopic (exact) mass is 355 g/mol. The number of hydrogen-bond donors (Lipinski definition) is 1. The molecular formula is C17H13N3O4S. The van der Waals surface area contributed by atoms with Crippen molar-refractivity contribution in [3.63, 3.8) is 0 Å². The first-order valence-electron chi connectivity index (χ1n) is 7.22. The highest BCUT2D eigenvalue weighted by Crippen LogP contribution is 2.27. The van der Waals surface area contributed by atoms with Crippen LogP contribution in [0.4, 0.5) is 10.8 Å². The lowest BCUT2D eigenvalue weighted by Gasteiger charge is -2.02. The molecule has 0 saturated carbocycles. The van der Waals surface area contributed by atoms with Crippen LogP contribution in [0.25, 0.3) is 11.3 Å². The standard InChI is InChI=1S/C17H13N3O4S/c1-24-14-4-2-3-12(9-14)15-10-25-17(18-15)19-16(21)11-5-7-13(8-6-11)20(22)23/h2-10H,1H3,(H,18,19,21). The Labute approximate surface area is 147 Å². The predicted octanol–water partition coefficient (Wildman–Crippen LogP) is 3.98. The zero-order valence-electron chi connectivity index (χ0n) is 13.1. The Morgan fingerprint density at radius 3 is 2.68 bits per heavy atom. The van der Waals surface area contributed by atoms with Crippen LogP contribution in [-0.2, 0) is 0 Å². The van der Waals surface area contributed by atoms with Crippen LogP contribution in [0.5, 0.6) is 5.75 Å². The first kappa shape index (κ1) is 16.6. The number of carbonyl (C=O) groups excluding carboxylic acids is 1. The van der Waals surface area contributed by atoms with Crippen LogP contribution >= 0.6 is 11.3 Å². The van der Waals surface area contributed by atoms with Crippen molar-refractivity contribution >= 4 is 28.1 Å². The predicted molar refractivity (Wildman–Crippen MR) is 95.2 cm³/mol. The van der Waals surface area contributed by atoms with Crippen LogP contribution in [-0.4, -0.2) is 22.9 Å². The molecule has 126 valence electrons. The number of ether oxygens (including phenoxy) is 1. The number of nitrogens with one attached hydrogen (secondary N) is 1. The Bertz CT molecular complexity index is 922. The highest BCUT2D eigenvalue weighted by atomic mass is 32.1. The van der Waals surface area contributed by atoms with E-state index in [1.165, 1.54) is 35.6 Å². The minimum atomic E-state index is -0.511. The number of nitrogens with zero attached hydrogens (tertiary/aromatic N) is 2. The molecule has 1 amide bonds. The maximum Gasteiger partial charge on any atom is 0.269 e. The molecule has 3 aromatic rings. The molecule has 2 aromatic carbocycles. The fourth-order valence-electron chi connectivity index (χ4n) is 2.15. The van der Waals surface area contributed by atoms with Gasteiger partial charge >= 0.3 is 0 Å². The second kappa shape index (κ2) is 7.10. The van der Waals surface area contributed by atoms with E-state index in [9.17, 15) is 14.9 Å². The van der Waals surface area contributed by atoms with Crippen molar-refractivity contribution in [1.29, 1.82) is 0 Å². The number of amides is 1. The van der Waals surface area contributed by atoms with E-state index >= 15 is 0 Å². The van der Waals surface area contributed by atoms with Crippen molar-refractivity contribution in [3.05, 3.63) is 69.6 Å². The van der Waals surface area contributed by atoms with Crippen molar-refractivity contribution in [3.8, 4) is 17.0 Å². The van der Waals surface area contributed by atoms with E-state index in [-0.39, 0.29) is 11.6 Å². The minimum Gasteiger partial charge on any atom is -0.497 e. The smallest absolute Gasteiger partial charge is 0.269 e. The second-order valence-electron chi connectivity index (χ2n) is 5.03. The van der Waals surface area contributed by atoms with E-state index in [0.29, 0.717) is 10.7 Å². The number of thiazole rings is 1. The fourth-order valence-corrected chi connectivity index (χ4v) is 2.86. The normalized spacial score (nSPS) is 10.3. The highest BCUT2D eigenvalue weighted by Gasteiger charge is 2.12. The molecule has 0 atom stereocenters. The molecule has 0 saturated heterocycles. The van der Waals surface area contributed by atoms with Crippen molar-refractivity contribution in [2.24, 2.45) is 0 Å². The minimum absolute atomic E-state index is 0.0638. The number of anilines is 1. The first-order valence-corrected chi connectivity index (χ1v) is 8.10. The van der Waals surface area contributed by atoms with Gasteiger partial charge in [-0.15, -0.1) is 11.3 Å². The summed E-state index contributed by atoms with van der Waals surface area (Å²) in [4.78, 5) is 26.7. The molecule has 0 aliphatic carbocycles. The molecule has 0 radical (unpaired) electrons. The van der Waals surface area contributed by atoms with Crippen LogP contribution in [0, 0.1) is 10.1 Å².